The zero-order valence-corrected chi connectivity index (χ0v) is 23.9. The topological polar surface area (TPSA) is 128 Å². The van der Waals surface area contributed by atoms with Gasteiger partial charge in [-0.25, -0.2) is 4.79 Å². The highest BCUT2D eigenvalue weighted by Gasteiger charge is 2.27. The molecule has 0 aliphatic heterocycles. The molecule has 5 rings (SSSR count). The first-order valence-corrected chi connectivity index (χ1v) is 13.9. The van der Waals surface area contributed by atoms with Gasteiger partial charge in [0.05, 0.1) is 17.5 Å². The van der Waals surface area contributed by atoms with Crippen LogP contribution in [-0.2, 0) is 30.5 Å². The summed E-state index contributed by atoms with van der Waals surface area (Å²) >= 11 is 0. The van der Waals surface area contributed by atoms with Crippen LogP contribution in [0, 0.1) is 10.1 Å². The predicted octanol–water partition coefficient (Wildman–Crippen LogP) is 6.31. The number of aryl methyl sites for hydroxylation is 2. The van der Waals surface area contributed by atoms with Crippen LogP contribution in [0.3, 0.4) is 0 Å². The predicted molar refractivity (Wildman–Crippen MR) is 160 cm³/mol. The number of aromatic amines is 1. The molecule has 2 aromatic heterocycles. The van der Waals surface area contributed by atoms with Gasteiger partial charge in [-0.15, -0.1) is 10.2 Å². The summed E-state index contributed by atoms with van der Waals surface area (Å²) in [5.41, 5.74) is 3.39. The van der Waals surface area contributed by atoms with Crippen molar-refractivity contribution < 1.29 is 14.5 Å². The number of ether oxygens (including phenoxy) is 1. The van der Waals surface area contributed by atoms with Crippen molar-refractivity contribution in [1.29, 1.82) is 0 Å². The number of hydrogen-bond acceptors (Lipinski definition) is 6. The molecule has 1 amide bonds. The van der Waals surface area contributed by atoms with Crippen molar-refractivity contribution >= 4 is 22.7 Å². The zero-order chi connectivity index (χ0) is 29.7. The molecule has 0 saturated carbocycles. The van der Waals surface area contributed by atoms with Gasteiger partial charge >= 0.3 is 6.09 Å². The Morgan fingerprint density at radius 2 is 1.69 bits per heavy atom. The Kier molecular flexibility index (Phi) is 8.33. The number of benzene rings is 3. The van der Waals surface area contributed by atoms with Gasteiger partial charge in [-0.3, -0.25) is 10.1 Å². The third-order valence-electron chi connectivity index (χ3n) is 6.93. The average molecular weight is 567 g/mol. The number of hydrogen-bond donors (Lipinski definition) is 2. The lowest BCUT2D eigenvalue weighted by Gasteiger charge is -2.24. The number of carbonyl (C=O) groups is 1. The van der Waals surface area contributed by atoms with Gasteiger partial charge in [-0.1, -0.05) is 60.7 Å². The van der Waals surface area contributed by atoms with Crippen molar-refractivity contribution in [2.45, 2.75) is 58.2 Å². The highest BCUT2D eigenvalue weighted by molar-refractivity contribution is 5.83. The number of alkyl carbamates (subject to hydrolysis) is 1. The van der Waals surface area contributed by atoms with E-state index in [0.717, 1.165) is 34.3 Å². The minimum absolute atomic E-state index is 0.0239. The Balaban J connectivity index is 1.52. The molecule has 216 valence electrons. The summed E-state index contributed by atoms with van der Waals surface area (Å²) in [7, 11) is 0. The number of aromatic nitrogens is 4. The molecule has 0 radical (unpaired) electrons. The van der Waals surface area contributed by atoms with Gasteiger partial charge in [0.25, 0.3) is 5.69 Å². The van der Waals surface area contributed by atoms with Gasteiger partial charge in [0, 0.05) is 42.1 Å². The fourth-order valence-corrected chi connectivity index (χ4v) is 4.95. The molecule has 3 aromatic carbocycles. The van der Waals surface area contributed by atoms with E-state index in [9.17, 15) is 14.9 Å². The molecule has 0 aliphatic rings. The summed E-state index contributed by atoms with van der Waals surface area (Å²) in [5, 5.41) is 24.5. The maximum Gasteiger partial charge on any atom is 0.408 e. The summed E-state index contributed by atoms with van der Waals surface area (Å²) in [6.45, 7) is 5.84. The number of carbonyl (C=O) groups excluding carboxylic acids is 1. The zero-order valence-electron chi connectivity index (χ0n) is 23.9. The Morgan fingerprint density at radius 3 is 2.40 bits per heavy atom. The number of para-hydroxylation sites is 1. The second kappa shape index (κ2) is 12.3. The van der Waals surface area contributed by atoms with Crippen LogP contribution in [0.2, 0.25) is 0 Å². The molecule has 10 nitrogen and oxygen atoms in total. The van der Waals surface area contributed by atoms with E-state index in [1.54, 1.807) is 12.1 Å². The Hall–Kier alpha value is -4.99. The number of non-ortho nitro benzene ring substituents is 1. The quantitative estimate of drug-likeness (QED) is 0.151. The highest BCUT2D eigenvalue weighted by atomic mass is 16.6. The maximum absolute atomic E-state index is 13.1. The van der Waals surface area contributed by atoms with E-state index >= 15 is 0 Å². The van der Waals surface area contributed by atoms with Crippen LogP contribution < -0.4 is 5.32 Å². The molecule has 0 spiro atoms. The molecule has 0 bridgehead atoms. The largest absolute Gasteiger partial charge is 0.444 e. The Morgan fingerprint density at radius 1 is 0.976 bits per heavy atom. The Labute approximate surface area is 243 Å². The highest BCUT2D eigenvalue weighted by Crippen LogP contribution is 2.26. The third-order valence-corrected chi connectivity index (χ3v) is 6.93. The first kappa shape index (κ1) is 28.5. The molecular formula is C32H34N6O4. The second-order valence-electron chi connectivity index (χ2n) is 11.2. The molecule has 0 unspecified atom stereocenters. The third kappa shape index (κ3) is 7.01. The number of nitro groups is 1. The molecule has 42 heavy (non-hydrogen) atoms. The summed E-state index contributed by atoms with van der Waals surface area (Å²) in [4.78, 5) is 27.2. The van der Waals surface area contributed by atoms with E-state index in [4.69, 9.17) is 4.74 Å². The van der Waals surface area contributed by atoms with Crippen molar-refractivity contribution in [3.8, 4) is 0 Å². The van der Waals surface area contributed by atoms with Crippen LogP contribution >= 0.6 is 0 Å². The van der Waals surface area contributed by atoms with Crippen LogP contribution in [0.5, 0.6) is 0 Å². The fourth-order valence-electron chi connectivity index (χ4n) is 4.95. The molecule has 2 heterocycles. The summed E-state index contributed by atoms with van der Waals surface area (Å²) in [6, 6.07) is 24.0. The van der Waals surface area contributed by atoms with Gasteiger partial charge in [0.1, 0.15) is 11.4 Å². The lowest BCUT2D eigenvalue weighted by atomic mass is 10.0. The monoisotopic (exact) mass is 566 g/mol. The van der Waals surface area contributed by atoms with Gasteiger partial charge in [0.15, 0.2) is 5.82 Å². The molecule has 5 aromatic rings. The minimum Gasteiger partial charge on any atom is -0.444 e. The molecule has 0 aliphatic carbocycles. The van der Waals surface area contributed by atoms with Gasteiger partial charge in [-0.2, -0.15) is 0 Å². The molecule has 0 saturated heterocycles. The van der Waals surface area contributed by atoms with Crippen molar-refractivity contribution in [2.24, 2.45) is 0 Å². The van der Waals surface area contributed by atoms with Crippen LogP contribution in [0.25, 0.3) is 10.9 Å². The lowest BCUT2D eigenvalue weighted by Crippen LogP contribution is -2.37. The smallest absolute Gasteiger partial charge is 0.408 e. The number of H-pyrrole nitrogens is 1. The first-order valence-electron chi connectivity index (χ1n) is 13.9. The normalized spacial score (nSPS) is 12.3. The van der Waals surface area contributed by atoms with E-state index in [0.29, 0.717) is 25.2 Å². The van der Waals surface area contributed by atoms with Gasteiger partial charge < -0.3 is 19.6 Å². The van der Waals surface area contributed by atoms with E-state index in [2.05, 4.69) is 32.6 Å². The van der Waals surface area contributed by atoms with Crippen molar-refractivity contribution in [1.82, 2.24) is 25.1 Å². The summed E-state index contributed by atoms with van der Waals surface area (Å²) in [5.74, 6) is 1.33. The minimum atomic E-state index is -0.678. The molecule has 1 atom stereocenters. The number of amides is 1. The molecule has 2 N–H and O–H groups in total. The van der Waals surface area contributed by atoms with Gasteiger partial charge in [-0.05, 0) is 49.9 Å². The first-order chi connectivity index (χ1) is 20.2. The number of nitro benzene ring substituents is 1. The maximum atomic E-state index is 13.1. The molecular weight excluding hydrogens is 532 g/mol. The van der Waals surface area contributed by atoms with Crippen LogP contribution in [0.4, 0.5) is 10.5 Å². The number of nitrogens with zero attached hydrogens (tertiary/aromatic N) is 4. The Bertz CT molecular complexity index is 1670. The number of rotatable bonds is 10. The molecule has 10 heteroatoms. The van der Waals surface area contributed by atoms with Crippen molar-refractivity contribution in [3.63, 3.8) is 0 Å². The van der Waals surface area contributed by atoms with Gasteiger partial charge in [0.2, 0.25) is 0 Å². The van der Waals surface area contributed by atoms with Crippen LogP contribution in [0.1, 0.15) is 55.2 Å². The van der Waals surface area contributed by atoms with Crippen LogP contribution in [0.15, 0.2) is 85.1 Å². The van der Waals surface area contributed by atoms with E-state index in [-0.39, 0.29) is 5.69 Å². The van der Waals surface area contributed by atoms with Crippen molar-refractivity contribution in [3.05, 3.63) is 124 Å². The fraction of sp³-hybridized carbons (Fsp3) is 0.281. The number of fused-ring (bicyclic) bond motifs is 1. The number of nitrogens with one attached hydrogen (secondary N) is 2. The molecule has 0 fully saturated rings. The SMILES string of the molecule is CC(C)(C)OC(=O)N[C@H](Cc1c[nH]c2ccccc12)c1nnc(CCc2ccccc2)n1Cc1ccc([N+](=O)[O-])cc1. The summed E-state index contributed by atoms with van der Waals surface area (Å²) < 4.78 is 7.62. The van der Waals surface area contributed by atoms with E-state index in [1.807, 2.05) is 74.0 Å². The van der Waals surface area contributed by atoms with Crippen molar-refractivity contribution in [2.75, 3.05) is 0 Å². The van der Waals surface area contributed by atoms with E-state index < -0.39 is 22.7 Å². The lowest BCUT2D eigenvalue weighted by molar-refractivity contribution is -0.384. The standard InChI is InChI=1S/C32H34N6O4/c1-32(2,3)42-31(39)34-28(19-24-20-33-27-12-8-7-11-26(24)27)30-36-35-29(18-15-22-9-5-4-6-10-22)37(30)21-23-13-16-25(17-14-23)38(40)41/h4-14,16-17,20,28,33H,15,18-19,21H2,1-3H3,(H,34,39)/t28-/m1/s1. The van der Waals surface area contributed by atoms with E-state index in [1.165, 1.54) is 17.7 Å². The second-order valence-corrected chi connectivity index (χ2v) is 11.2. The average Bonchev–Trinajstić information content (AvgIpc) is 3.55. The van der Waals surface area contributed by atoms with Crippen LogP contribution in [-0.4, -0.2) is 36.4 Å². The summed E-state index contributed by atoms with van der Waals surface area (Å²) in [6.07, 6.45) is 3.22.